The molecule has 1 aromatic carbocycles. The van der Waals surface area contributed by atoms with Crippen LogP contribution >= 0.6 is 0 Å². The smallest absolute Gasteiger partial charge is 0.347 e. The molecule has 1 heterocycles. The zero-order valence-corrected chi connectivity index (χ0v) is 8.47. The van der Waals surface area contributed by atoms with Gasteiger partial charge in [0.15, 0.2) is 0 Å². The first-order valence-electron chi connectivity index (χ1n) is 4.56. The highest BCUT2D eigenvalue weighted by molar-refractivity contribution is 5.92. The van der Waals surface area contributed by atoms with Crippen molar-refractivity contribution >= 4 is 5.97 Å². The lowest BCUT2D eigenvalue weighted by Gasteiger charge is -2.05. The van der Waals surface area contributed by atoms with Gasteiger partial charge in [-0.3, -0.25) is 0 Å². The highest BCUT2D eigenvalue weighted by atomic mass is 16.4. The highest BCUT2D eigenvalue weighted by Crippen LogP contribution is 2.14. The fourth-order valence-electron chi connectivity index (χ4n) is 1.45. The molecular weight excluding hydrogens is 210 g/mol. The van der Waals surface area contributed by atoms with E-state index in [0.29, 0.717) is 5.69 Å². The molecule has 0 fully saturated rings. The van der Waals surface area contributed by atoms with Gasteiger partial charge in [0.2, 0.25) is 0 Å². The lowest BCUT2D eigenvalue weighted by molar-refractivity contribution is 0.0697. The predicted molar refractivity (Wildman–Crippen MR) is 55.9 cm³/mol. The van der Waals surface area contributed by atoms with Crippen molar-refractivity contribution in [3.63, 3.8) is 0 Å². The second-order valence-electron chi connectivity index (χ2n) is 3.36. The first-order valence-corrected chi connectivity index (χ1v) is 4.56. The Labute approximate surface area is 90.2 Å². The Bertz CT molecular complexity index is 597. The summed E-state index contributed by atoms with van der Waals surface area (Å²) < 4.78 is 1.16. The van der Waals surface area contributed by atoms with Gasteiger partial charge in [-0.2, -0.15) is 5.10 Å². The van der Waals surface area contributed by atoms with E-state index in [9.17, 15) is 9.59 Å². The molecule has 0 aliphatic carbocycles. The molecule has 2 rings (SSSR count). The van der Waals surface area contributed by atoms with Gasteiger partial charge in [0.05, 0.1) is 11.3 Å². The molecule has 0 unspecified atom stereocenters. The van der Waals surface area contributed by atoms with Crippen molar-refractivity contribution in [1.29, 1.82) is 0 Å². The zero-order valence-electron chi connectivity index (χ0n) is 8.47. The Morgan fingerprint density at radius 3 is 2.81 bits per heavy atom. The second-order valence-corrected chi connectivity index (χ2v) is 3.36. The summed E-state index contributed by atoms with van der Waals surface area (Å²) in [6.45, 7) is 1.79. The maximum atomic E-state index is 11.3. The monoisotopic (exact) mass is 219 g/mol. The van der Waals surface area contributed by atoms with Crippen molar-refractivity contribution in [3.05, 3.63) is 46.1 Å². The predicted octanol–water partition coefficient (Wildman–Crippen LogP) is 0.567. The Morgan fingerprint density at radius 1 is 1.50 bits per heavy atom. The molecule has 0 atom stereocenters. The van der Waals surface area contributed by atoms with Gasteiger partial charge in [-0.15, -0.1) is 0 Å². The summed E-state index contributed by atoms with van der Waals surface area (Å²) in [7, 11) is 0. The average molecular weight is 219 g/mol. The van der Waals surface area contributed by atoms with E-state index >= 15 is 0 Å². The summed E-state index contributed by atoms with van der Waals surface area (Å²) in [6.07, 6.45) is 1.25. The number of aromatic carboxylic acids is 1. The number of H-pyrrole nitrogens is 1. The van der Waals surface area contributed by atoms with Crippen LogP contribution in [0.2, 0.25) is 0 Å². The van der Waals surface area contributed by atoms with Crippen LogP contribution in [0.5, 0.6) is 0 Å². The normalized spacial score (nSPS) is 10.3. The average Bonchev–Trinajstić information content (AvgIpc) is 2.64. The van der Waals surface area contributed by atoms with Crippen LogP contribution in [0, 0.1) is 6.92 Å². The van der Waals surface area contributed by atoms with Crippen LogP contribution in [0.1, 0.15) is 15.9 Å². The Morgan fingerprint density at radius 2 is 2.25 bits per heavy atom. The van der Waals surface area contributed by atoms with Crippen LogP contribution < -0.4 is 5.69 Å². The van der Waals surface area contributed by atoms with E-state index in [1.165, 1.54) is 12.4 Å². The number of aryl methyl sites for hydroxylation is 1. The van der Waals surface area contributed by atoms with E-state index in [4.69, 9.17) is 5.11 Å². The molecular formula is C10H9N3O3. The van der Waals surface area contributed by atoms with Gasteiger partial charge in [0, 0.05) is 0 Å². The van der Waals surface area contributed by atoms with Crippen LogP contribution in [0.3, 0.4) is 0 Å². The third-order valence-corrected chi connectivity index (χ3v) is 2.19. The summed E-state index contributed by atoms with van der Waals surface area (Å²) in [6, 6.07) is 4.83. The molecule has 0 saturated carbocycles. The molecule has 0 spiro atoms. The molecule has 1 aromatic heterocycles. The molecule has 0 radical (unpaired) electrons. The van der Waals surface area contributed by atoms with Crippen LogP contribution in [0.15, 0.2) is 29.3 Å². The largest absolute Gasteiger partial charge is 0.478 e. The maximum Gasteiger partial charge on any atom is 0.347 e. The minimum absolute atomic E-state index is 0.0727. The number of aromatic amines is 1. The van der Waals surface area contributed by atoms with E-state index < -0.39 is 11.7 Å². The van der Waals surface area contributed by atoms with E-state index in [2.05, 4.69) is 10.2 Å². The van der Waals surface area contributed by atoms with Crippen LogP contribution in [0.4, 0.5) is 0 Å². The number of hydrogen-bond acceptors (Lipinski definition) is 3. The van der Waals surface area contributed by atoms with Gasteiger partial charge in [-0.25, -0.2) is 19.3 Å². The molecule has 82 valence electrons. The first kappa shape index (κ1) is 10.2. The molecule has 0 amide bonds. The third-order valence-electron chi connectivity index (χ3n) is 2.19. The summed E-state index contributed by atoms with van der Waals surface area (Å²) in [5, 5.41) is 14.8. The summed E-state index contributed by atoms with van der Waals surface area (Å²) in [5.41, 5.74) is 0.726. The molecule has 2 N–H and O–H groups in total. The Kier molecular flexibility index (Phi) is 2.32. The summed E-state index contributed by atoms with van der Waals surface area (Å²) in [5.74, 6) is -1.08. The fourth-order valence-corrected chi connectivity index (χ4v) is 1.45. The molecule has 0 aliphatic rings. The standard InChI is InChI=1S/C10H9N3O3/c1-6-2-3-8(7(4-6)9(14)15)13-5-11-12-10(13)16/h2-5H,1H3,(H,12,16)(H,14,15). The summed E-state index contributed by atoms with van der Waals surface area (Å²) >= 11 is 0. The SMILES string of the molecule is Cc1ccc(-n2cn[nH]c2=O)c(C(=O)O)c1. The minimum atomic E-state index is -1.08. The van der Waals surface area contributed by atoms with Crippen molar-refractivity contribution < 1.29 is 9.90 Å². The number of aromatic nitrogens is 3. The lowest BCUT2D eigenvalue weighted by Crippen LogP contribution is -2.17. The van der Waals surface area contributed by atoms with Gasteiger partial charge in [0.1, 0.15) is 6.33 Å². The molecule has 16 heavy (non-hydrogen) atoms. The Balaban J connectivity index is 2.70. The van der Waals surface area contributed by atoms with E-state index in [1.807, 2.05) is 0 Å². The minimum Gasteiger partial charge on any atom is -0.478 e. The number of nitrogens with zero attached hydrogens (tertiary/aromatic N) is 2. The molecule has 0 saturated heterocycles. The topological polar surface area (TPSA) is 88.0 Å². The number of nitrogens with one attached hydrogen (secondary N) is 1. The Hall–Kier alpha value is -2.37. The van der Waals surface area contributed by atoms with Gasteiger partial charge < -0.3 is 5.11 Å². The highest BCUT2D eigenvalue weighted by Gasteiger charge is 2.13. The van der Waals surface area contributed by atoms with E-state index in [-0.39, 0.29) is 5.56 Å². The third kappa shape index (κ3) is 1.60. The van der Waals surface area contributed by atoms with Crippen LogP contribution in [0.25, 0.3) is 5.69 Å². The lowest BCUT2D eigenvalue weighted by atomic mass is 10.1. The van der Waals surface area contributed by atoms with E-state index in [1.54, 1.807) is 19.1 Å². The number of carboxylic acid groups (broad SMARTS) is 1. The maximum absolute atomic E-state index is 11.3. The molecule has 6 heteroatoms. The van der Waals surface area contributed by atoms with Crippen molar-refractivity contribution in [2.24, 2.45) is 0 Å². The fraction of sp³-hybridized carbons (Fsp3) is 0.100. The summed E-state index contributed by atoms with van der Waals surface area (Å²) in [4.78, 5) is 22.4. The zero-order chi connectivity index (χ0) is 11.7. The molecule has 0 aliphatic heterocycles. The quantitative estimate of drug-likeness (QED) is 0.772. The van der Waals surface area contributed by atoms with Gasteiger partial charge in [-0.1, -0.05) is 11.6 Å². The van der Waals surface area contributed by atoms with Gasteiger partial charge in [0.25, 0.3) is 0 Å². The van der Waals surface area contributed by atoms with Crippen molar-refractivity contribution in [2.75, 3.05) is 0 Å². The number of carboxylic acids is 1. The van der Waals surface area contributed by atoms with Crippen LogP contribution in [-0.4, -0.2) is 25.8 Å². The van der Waals surface area contributed by atoms with Crippen LogP contribution in [-0.2, 0) is 0 Å². The number of hydrogen-bond donors (Lipinski definition) is 2. The van der Waals surface area contributed by atoms with Gasteiger partial charge >= 0.3 is 11.7 Å². The first-order chi connectivity index (χ1) is 7.59. The second kappa shape index (κ2) is 3.65. The number of carbonyl (C=O) groups is 1. The number of benzene rings is 1. The van der Waals surface area contributed by atoms with Gasteiger partial charge in [-0.05, 0) is 19.1 Å². The van der Waals surface area contributed by atoms with Crippen molar-refractivity contribution in [3.8, 4) is 5.69 Å². The molecule has 2 aromatic rings. The van der Waals surface area contributed by atoms with Crippen molar-refractivity contribution in [2.45, 2.75) is 6.92 Å². The number of rotatable bonds is 2. The van der Waals surface area contributed by atoms with E-state index in [0.717, 1.165) is 10.1 Å². The molecule has 6 nitrogen and oxygen atoms in total. The molecule has 0 bridgehead atoms. The van der Waals surface area contributed by atoms with Crippen molar-refractivity contribution in [1.82, 2.24) is 14.8 Å².